The van der Waals surface area contributed by atoms with Gasteiger partial charge in [-0.25, -0.2) is 0 Å². The first-order valence-electron chi connectivity index (χ1n) is 15.3. The molecule has 45 heavy (non-hydrogen) atoms. The molecule has 2 atom stereocenters. The van der Waals surface area contributed by atoms with Gasteiger partial charge >= 0.3 is 0 Å². The van der Waals surface area contributed by atoms with Gasteiger partial charge in [-0.2, -0.15) is 16.8 Å². The highest BCUT2D eigenvalue weighted by Crippen LogP contribution is 2.21. The number of carbonyl (C=O) groups excluding carboxylic acids is 2. The van der Waals surface area contributed by atoms with Crippen LogP contribution in [0.3, 0.4) is 0 Å². The van der Waals surface area contributed by atoms with Crippen LogP contribution in [0.25, 0.3) is 0 Å². The molecule has 0 aliphatic carbocycles. The summed E-state index contributed by atoms with van der Waals surface area (Å²) in [5, 5.41) is 5.86. The Morgan fingerprint density at radius 2 is 0.756 bits per heavy atom. The second-order valence-electron chi connectivity index (χ2n) is 18.2. The fraction of sp³-hybridized carbons (Fsp3) is 0.938. The molecule has 0 radical (unpaired) electrons. The van der Waals surface area contributed by atoms with Crippen LogP contribution < -0.4 is 10.6 Å². The zero-order valence-electron chi connectivity index (χ0n) is 31.6. The van der Waals surface area contributed by atoms with E-state index in [0.29, 0.717) is 10.8 Å². The molecule has 0 aromatic carbocycles. The van der Waals surface area contributed by atoms with E-state index >= 15 is 0 Å². The average Bonchev–Trinajstić information content (AvgIpc) is 2.65. The summed E-state index contributed by atoms with van der Waals surface area (Å²) in [6.45, 7) is 36.2. The Bertz CT molecular complexity index is 1030. The maximum atomic E-state index is 12.1. The highest BCUT2D eigenvalue weighted by molar-refractivity contribution is 7.86. The average molecular weight is 689 g/mol. The van der Waals surface area contributed by atoms with Crippen LogP contribution in [0.5, 0.6) is 0 Å². The van der Waals surface area contributed by atoms with Crippen LogP contribution >= 0.6 is 0 Å². The molecule has 0 saturated heterocycles. The zero-order chi connectivity index (χ0) is 37.3. The fourth-order valence-corrected chi connectivity index (χ4v) is 4.85. The number of hydrogen-bond acceptors (Lipinski definition) is 9. The van der Waals surface area contributed by atoms with Crippen molar-refractivity contribution in [3.8, 4) is 0 Å². The van der Waals surface area contributed by atoms with E-state index in [-0.39, 0.29) is 11.6 Å². The topological polar surface area (TPSA) is 176 Å². The Morgan fingerprint density at radius 3 is 0.889 bits per heavy atom. The van der Waals surface area contributed by atoms with Crippen molar-refractivity contribution in [2.45, 2.75) is 148 Å². The van der Waals surface area contributed by atoms with Crippen molar-refractivity contribution in [3.63, 3.8) is 0 Å². The maximum Gasteiger partial charge on any atom is 0.266 e. The molecule has 0 rings (SSSR count). The van der Waals surface area contributed by atoms with Crippen molar-refractivity contribution in [3.05, 3.63) is 0 Å². The van der Waals surface area contributed by atoms with Crippen LogP contribution in [0, 0.1) is 21.7 Å². The molecule has 0 unspecified atom stereocenters. The summed E-state index contributed by atoms with van der Waals surface area (Å²) in [5.41, 5.74) is -1.54. The normalized spacial score (nSPS) is 15.2. The quantitative estimate of drug-likeness (QED) is 0.211. The van der Waals surface area contributed by atoms with Gasteiger partial charge in [0, 0.05) is 21.9 Å². The van der Waals surface area contributed by atoms with Crippen LogP contribution in [0.2, 0.25) is 0 Å². The lowest BCUT2D eigenvalue weighted by molar-refractivity contribution is -0.129. The third-order valence-electron chi connectivity index (χ3n) is 5.15. The van der Waals surface area contributed by atoms with Crippen molar-refractivity contribution < 1.29 is 40.3 Å². The molecule has 0 saturated carbocycles. The molecule has 11 nitrogen and oxygen atoms in total. The number of Topliss-reactive ketones (excluding diaryl/α,β-unsaturated/α-hetero) is 2. The molecule has 0 bridgehead atoms. The summed E-state index contributed by atoms with van der Waals surface area (Å²) in [7, 11) is -8.37. The Balaban J connectivity index is -0.000000604. The van der Waals surface area contributed by atoms with E-state index in [1.807, 2.05) is 41.5 Å². The molecule has 0 aliphatic heterocycles. The van der Waals surface area contributed by atoms with Gasteiger partial charge in [0.05, 0.1) is 36.8 Å². The first-order chi connectivity index (χ1) is 19.2. The van der Waals surface area contributed by atoms with Gasteiger partial charge < -0.3 is 15.4 Å². The van der Waals surface area contributed by atoms with Crippen molar-refractivity contribution in [2.75, 3.05) is 24.7 Å². The zero-order valence-corrected chi connectivity index (χ0v) is 33.2. The van der Waals surface area contributed by atoms with Gasteiger partial charge in [-0.3, -0.25) is 18.7 Å². The summed E-state index contributed by atoms with van der Waals surface area (Å²) < 4.78 is 67.0. The second kappa shape index (κ2) is 17.4. The Kier molecular flexibility index (Phi) is 18.8. The van der Waals surface area contributed by atoms with Crippen molar-refractivity contribution in [2.24, 2.45) is 21.7 Å². The van der Waals surface area contributed by atoms with E-state index in [9.17, 15) is 26.4 Å². The molecule has 0 fully saturated rings. The molecule has 0 amide bonds. The number of hydrogen-bond donors (Lipinski definition) is 4. The summed E-state index contributed by atoms with van der Waals surface area (Å²) in [6, 6.07) is -1.80. The van der Waals surface area contributed by atoms with Gasteiger partial charge in [0.1, 0.15) is 0 Å². The lowest BCUT2D eigenvalue weighted by Crippen LogP contribution is -2.53. The van der Waals surface area contributed by atoms with Crippen molar-refractivity contribution in [1.82, 2.24) is 10.6 Å². The Labute approximate surface area is 276 Å². The van der Waals surface area contributed by atoms with E-state index in [0.717, 1.165) is 13.2 Å². The van der Waals surface area contributed by atoms with E-state index in [2.05, 4.69) is 52.2 Å². The number of nitrogens with one attached hydrogen (secondary N) is 2. The lowest BCUT2D eigenvalue weighted by atomic mass is 9.86. The number of rotatable bonds is 10. The van der Waals surface area contributed by atoms with Crippen LogP contribution in [0.15, 0.2) is 0 Å². The molecule has 0 aromatic heterocycles. The van der Waals surface area contributed by atoms with E-state index < -0.39 is 65.7 Å². The van der Waals surface area contributed by atoms with E-state index in [1.54, 1.807) is 41.5 Å². The Hall–Kier alpha value is -0.960. The highest BCUT2D eigenvalue weighted by Gasteiger charge is 2.35. The third kappa shape index (κ3) is 32.8. The van der Waals surface area contributed by atoms with Gasteiger partial charge in [-0.15, -0.1) is 0 Å². The summed E-state index contributed by atoms with van der Waals surface area (Å²) in [4.78, 5) is 24.2. The summed E-state index contributed by atoms with van der Waals surface area (Å²) >= 11 is 0. The predicted octanol–water partition coefficient (Wildman–Crippen LogP) is 5.59. The minimum Gasteiger partial charge on any atom is -0.380 e. The first kappa shape index (κ1) is 48.4. The summed E-state index contributed by atoms with van der Waals surface area (Å²) in [5.74, 6) is -1.66. The van der Waals surface area contributed by atoms with Crippen molar-refractivity contribution in [1.29, 1.82) is 0 Å². The monoisotopic (exact) mass is 688 g/mol. The first-order valence-corrected chi connectivity index (χ1v) is 18.5. The highest BCUT2D eigenvalue weighted by atomic mass is 32.2. The molecule has 0 aliphatic rings. The number of ketones is 2. The van der Waals surface area contributed by atoms with E-state index in [1.165, 1.54) is 0 Å². The molecule has 13 heteroatoms. The van der Waals surface area contributed by atoms with Crippen LogP contribution in [0.4, 0.5) is 0 Å². The molecular formula is C32H68N2O9S2. The number of carbonyl (C=O) groups is 2. The molecule has 0 spiro atoms. The molecule has 0 heterocycles. The minimum absolute atomic E-state index is 0.231. The minimum atomic E-state index is -4.18. The van der Waals surface area contributed by atoms with E-state index in [4.69, 9.17) is 13.8 Å². The second-order valence-corrected chi connectivity index (χ2v) is 21.2. The third-order valence-corrected chi connectivity index (χ3v) is 6.66. The molecule has 272 valence electrons. The smallest absolute Gasteiger partial charge is 0.266 e. The largest absolute Gasteiger partial charge is 0.380 e. The maximum absolute atomic E-state index is 12.1. The molecule has 0 aromatic rings. The predicted molar refractivity (Wildman–Crippen MR) is 185 cm³/mol. The fourth-order valence-electron chi connectivity index (χ4n) is 3.54. The standard InChI is InChI=1S/2C11H23NO4S.C10H22O/c2*1-10(2,3)9(13)8(7-17(14,15)16)12-11(4,5)6;1-9(2,3)7-11-8-10(4,5)6/h2*8,12H,7H2,1-6H3,(H,14,15,16);7-8H2,1-6H3/t2*8-;/m00./s1. The van der Waals surface area contributed by atoms with Crippen LogP contribution in [-0.4, -0.2) is 85.4 Å². The molecule has 4 N–H and O–H groups in total. The Morgan fingerprint density at radius 1 is 0.533 bits per heavy atom. The van der Waals surface area contributed by atoms with Crippen molar-refractivity contribution >= 4 is 31.8 Å². The van der Waals surface area contributed by atoms with Gasteiger partial charge in [0.15, 0.2) is 11.6 Å². The number of ether oxygens (including phenoxy) is 1. The van der Waals surface area contributed by atoms with Crippen LogP contribution in [-0.2, 0) is 34.6 Å². The van der Waals surface area contributed by atoms with Gasteiger partial charge in [-0.1, -0.05) is 83.1 Å². The van der Waals surface area contributed by atoms with Gasteiger partial charge in [-0.05, 0) is 52.4 Å². The molecular weight excluding hydrogens is 620 g/mol. The lowest BCUT2D eigenvalue weighted by Gasteiger charge is -2.31. The SMILES string of the molecule is CC(C)(C)COCC(C)(C)C.CC(C)(C)N[C@@H](CS(=O)(=O)O)C(=O)C(C)(C)C.CC(C)(C)N[C@@H](CS(=O)(=O)O)C(=O)C(C)(C)C. The van der Waals surface area contributed by atoms with Gasteiger partial charge in [0.25, 0.3) is 20.2 Å². The summed E-state index contributed by atoms with van der Waals surface area (Å²) in [6.07, 6.45) is 0. The van der Waals surface area contributed by atoms with Gasteiger partial charge in [0.2, 0.25) is 0 Å². The van der Waals surface area contributed by atoms with Crippen LogP contribution in [0.1, 0.15) is 125 Å².